The van der Waals surface area contributed by atoms with E-state index >= 15 is 0 Å². The van der Waals surface area contributed by atoms with Crippen molar-refractivity contribution in [3.05, 3.63) is 59.2 Å². The largest absolute Gasteiger partial charge is 0.497 e. The van der Waals surface area contributed by atoms with Crippen molar-refractivity contribution < 1.29 is 14.1 Å². The third kappa shape index (κ3) is 4.18. The molecule has 1 atom stereocenters. The van der Waals surface area contributed by atoms with Gasteiger partial charge in [0.25, 0.3) is 0 Å². The van der Waals surface area contributed by atoms with Crippen LogP contribution in [0.4, 0.5) is 5.69 Å². The maximum absolute atomic E-state index is 13.6. The van der Waals surface area contributed by atoms with Crippen molar-refractivity contribution >= 4 is 11.5 Å². The predicted molar refractivity (Wildman–Crippen MR) is 109 cm³/mol. The number of ketones is 1. The van der Waals surface area contributed by atoms with Crippen molar-refractivity contribution in [1.29, 1.82) is 0 Å². The van der Waals surface area contributed by atoms with Gasteiger partial charge in [-0.1, -0.05) is 30.5 Å². The minimum atomic E-state index is -0.681. The van der Waals surface area contributed by atoms with Gasteiger partial charge in [0.05, 0.1) is 18.9 Å². The normalized spacial score (nSPS) is 15.8. The first kappa shape index (κ1) is 19.2. The highest BCUT2D eigenvalue weighted by atomic mass is 16.5. The van der Waals surface area contributed by atoms with Gasteiger partial charge in [-0.15, -0.1) is 0 Å². The van der Waals surface area contributed by atoms with Gasteiger partial charge in [0.15, 0.2) is 5.78 Å². The number of methoxy groups -OCH3 is 1. The van der Waals surface area contributed by atoms with E-state index in [-0.39, 0.29) is 5.78 Å². The summed E-state index contributed by atoms with van der Waals surface area (Å²) in [5, 5.41) is 14.7. The molecular weight excluding hydrogens is 368 g/mol. The van der Waals surface area contributed by atoms with Crippen molar-refractivity contribution in [2.75, 3.05) is 12.4 Å². The number of nitrogens with zero attached hydrogens (tertiary/aromatic N) is 2. The number of aromatic nitrogens is 3. The van der Waals surface area contributed by atoms with Gasteiger partial charge in [-0.3, -0.25) is 9.89 Å². The molecular formula is C22H26N4O3. The maximum Gasteiger partial charge on any atom is 0.194 e. The molecule has 1 fully saturated rings. The molecule has 0 spiro atoms. The smallest absolute Gasteiger partial charge is 0.194 e. The zero-order valence-electron chi connectivity index (χ0n) is 16.8. The molecule has 4 rings (SSSR count). The molecule has 1 aliphatic rings. The average molecular weight is 394 g/mol. The lowest BCUT2D eigenvalue weighted by Crippen LogP contribution is -2.23. The number of carbonyl (C=O) groups is 1. The van der Waals surface area contributed by atoms with Crippen LogP contribution < -0.4 is 10.1 Å². The molecule has 1 unspecified atom stereocenters. The van der Waals surface area contributed by atoms with E-state index in [2.05, 4.69) is 20.7 Å². The number of Topliss-reactive ketones (excluding diaryl/α,β-unsaturated/α-hetero) is 1. The van der Waals surface area contributed by atoms with E-state index in [1.807, 2.05) is 31.2 Å². The number of hydrogen-bond donors (Lipinski definition) is 2. The number of aryl methyl sites for hydroxylation is 1. The predicted octanol–water partition coefficient (Wildman–Crippen LogP) is 4.80. The average Bonchev–Trinajstić information content (AvgIpc) is 3.41. The van der Waals surface area contributed by atoms with Crippen LogP contribution in [0.15, 0.2) is 41.1 Å². The second-order valence-corrected chi connectivity index (χ2v) is 7.57. The fourth-order valence-electron chi connectivity index (χ4n) is 4.03. The van der Waals surface area contributed by atoms with Gasteiger partial charge in [0.2, 0.25) is 0 Å². The van der Waals surface area contributed by atoms with E-state index in [9.17, 15) is 4.79 Å². The Labute approximate surface area is 169 Å². The van der Waals surface area contributed by atoms with Crippen LogP contribution in [0, 0.1) is 6.92 Å². The van der Waals surface area contributed by atoms with Gasteiger partial charge in [0.1, 0.15) is 23.2 Å². The molecule has 0 aliphatic heterocycles. The molecule has 3 aromatic rings. The Morgan fingerprint density at radius 3 is 2.83 bits per heavy atom. The van der Waals surface area contributed by atoms with E-state index < -0.39 is 6.04 Å². The molecule has 2 aromatic heterocycles. The van der Waals surface area contributed by atoms with E-state index in [1.165, 1.54) is 19.3 Å². The van der Waals surface area contributed by atoms with Crippen molar-refractivity contribution in [2.24, 2.45) is 0 Å². The van der Waals surface area contributed by atoms with Crippen molar-refractivity contribution in [1.82, 2.24) is 15.4 Å². The maximum atomic E-state index is 13.6. The lowest BCUT2D eigenvalue weighted by Gasteiger charge is -2.22. The summed E-state index contributed by atoms with van der Waals surface area (Å²) in [5.74, 6) is 1.64. The molecule has 2 N–H and O–H groups in total. The van der Waals surface area contributed by atoms with E-state index in [4.69, 9.17) is 9.26 Å². The lowest BCUT2D eigenvalue weighted by molar-refractivity contribution is 0.0965. The standard InChI is InChI=1S/C22H26N4O3/c1-14-11-19(26-29-14)21(24-16-9-6-10-17(12-16)28-2)22(27)18-13-23-25-20(18)15-7-4-3-5-8-15/h6,9-13,15,21,24H,3-5,7-8H2,1-2H3,(H,23,25). The summed E-state index contributed by atoms with van der Waals surface area (Å²) in [7, 11) is 1.62. The number of carbonyl (C=O) groups excluding carboxylic acids is 1. The van der Waals surface area contributed by atoms with Crippen molar-refractivity contribution in [3.63, 3.8) is 0 Å². The topological polar surface area (TPSA) is 93.0 Å². The number of anilines is 1. The number of H-pyrrole nitrogens is 1. The molecule has 29 heavy (non-hydrogen) atoms. The summed E-state index contributed by atoms with van der Waals surface area (Å²) in [6.07, 6.45) is 7.43. The van der Waals surface area contributed by atoms with Crippen LogP contribution in [-0.2, 0) is 0 Å². The summed E-state index contributed by atoms with van der Waals surface area (Å²) >= 11 is 0. The Morgan fingerprint density at radius 1 is 1.28 bits per heavy atom. The molecule has 7 heteroatoms. The minimum absolute atomic E-state index is 0.0737. The summed E-state index contributed by atoms with van der Waals surface area (Å²) < 4.78 is 10.6. The molecule has 0 bridgehead atoms. The second-order valence-electron chi connectivity index (χ2n) is 7.57. The Hall–Kier alpha value is -3.09. The Bertz CT molecular complexity index is 972. The molecule has 1 saturated carbocycles. The van der Waals surface area contributed by atoms with Crippen LogP contribution in [0.2, 0.25) is 0 Å². The molecule has 0 radical (unpaired) electrons. The first-order chi connectivity index (χ1) is 14.2. The minimum Gasteiger partial charge on any atom is -0.497 e. The third-order valence-electron chi connectivity index (χ3n) is 5.53. The highest BCUT2D eigenvalue weighted by molar-refractivity contribution is 6.02. The highest BCUT2D eigenvalue weighted by Crippen LogP contribution is 2.35. The van der Waals surface area contributed by atoms with Crippen LogP contribution in [-0.4, -0.2) is 28.2 Å². The Kier molecular flexibility index (Phi) is 5.64. The monoisotopic (exact) mass is 394 g/mol. The van der Waals surface area contributed by atoms with Gasteiger partial charge < -0.3 is 14.6 Å². The highest BCUT2D eigenvalue weighted by Gasteiger charge is 2.30. The second kappa shape index (κ2) is 8.51. The number of rotatable bonds is 7. The van der Waals surface area contributed by atoms with E-state index in [0.717, 1.165) is 24.2 Å². The quantitative estimate of drug-likeness (QED) is 0.559. The number of aromatic amines is 1. The molecule has 0 saturated heterocycles. The third-order valence-corrected chi connectivity index (χ3v) is 5.53. The summed E-state index contributed by atoms with van der Waals surface area (Å²) in [6, 6.07) is 8.59. The van der Waals surface area contributed by atoms with E-state index in [1.54, 1.807) is 19.4 Å². The summed E-state index contributed by atoms with van der Waals surface area (Å²) in [4.78, 5) is 13.6. The van der Waals surface area contributed by atoms with Gasteiger partial charge in [-0.05, 0) is 31.9 Å². The zero-order valence-corrected chi connectivity index (χ0v) is 16.8. The first-order valence-corrected chi connectivity index (χ1v) is 10.1. The van der Waals surface area contributed by atoms with Crippen molar-refractivity contribution in [2.45, 2.75) is 51.0 Å². The molecule has 7 nitrogen and oxygen atoms in total. The van der Waals surface area contributed by atoms with Crippen LogP contribution in [0.5, 0.6) is 5.75 Å². The van der Waals surface area contributed by atoms with Crippen LogP contribution in [0.3, 0.4) is 0 Å². The molecule has 0 amide bonds. The number of benzene rings is 1. The fourth-order valence-corrected chi connectivity index (χ4v) is 4.03. The number of ether oxygens (including phenoxy) is 1. The van der Waals surface area contributed by atoms with Crippen LogP contribution >= 0.6 is 0 Å². The zero-order chi connectivity index (χ0) is 20.2. The first-order valence-electron chi connectivity index (χ1n) is 10.1. The SMILES string of the molecule is COc1cccc(NC(C(=O)c2cn[nH]c2C2CCCCC2)c2cc(C)on2)c1. The number of nitrogens with one attached hydrogen (secondary N) is 2. The Morgan fingerprint density at radius 2 is 2.10 bits per heavy atom. The van der Waals surface area contributed by atoms with E-state index in [0.29, 0.717) is 28.7 Å². The summed E-state index contributed by atoms with van der Waals surface area (Å²) in [5.41, 5.74) is 2.88. The Balaban J connectivity index is 1.66. The van der Waals surface area contributed by atoms with Gasteiger partial charge in [-0.25, -0.2) is 0 Å². The van der Waals surface area contributed by atoms with Gasteiger partial charge in [-0.2, -0.15) is 5.10 Å². The van der Waals surface area contributed by atoms with Crippen molar-refractivity contribution in [3.8, 4) is 5.75 Å². The molecule has 152 valence electrons. The molecule has 1 aromatic carbocycles. The van der Waals surface area contributed by atoms with Gasteiger partial charge >= 0.3 is 0 Å². The lowest BCUT2D eigenvalue weighted by atomic mass is 9.84. The van der Waals surface area contributed by atoms with Crippen LogP contribution in [0.1, 0.15) is 71.6 Å². The number of hydrogen-bond acceptors (Lipinski definition) is 6. The molecule has 1 aliphatic carbocycles. The summed E-state index contributed by atoms with van der Waals surface area (Å²) in [6.45, 7) is 1.81. The van der Waals surface area contributed by atoms with Gasteiger partial charge in [0, 0.05) is 29.4 Å². The molecule has 2 heterocycles. The van der Waals surface area contributed by atoms with Crippen LogP contribution in [0.25, 0.3) is 0 Å². The fraction of sp³-hybridized carbons (Fsp3) is 0.409.